The molecule has 17 heavy (non-hydrogen) atoms. The fourth-order valence-electron chi connectivity index (χ4n) is 2.16. The lowest BCUT2D eigenvalue weighted by molar-refractivity contribution is 0.409. The van der Waals surface area contributed by atoms with Crippen molar-refractivity contribution < 1.29 is 4.39 Å². The molecule has 1 aliphatic carbocycles. The second kappa shape index (κ2) is 5.07. The average molecular weight is 300 g/mol. The Labute approximate surface area is 111 Å². The molecule has 94 valence electrons. The number of rotatable bonds is 5. The third-order valence-corrected chi connectivity index (χ3v) is 4.41. The molecule has 0 aromatic heterocycles. The molecule has 0 radical (unpaired) electrons. The van der Waals surface area contributed by atoms with Gasteiger partial charge in [-0.15, -0.1) is 0 Å². The molecule has 1 nitrogen and oxygen atoms in total. The van der Waals surface area contributed by atoms with Crippen LogP contribution in [0.15, 0.2) is 22.7 Å². The molecular formula is C14H19BrFN. The summed E-state index contributed by atoms with van der Waals surface area (Å²) in [7, 11) is 0. The minimum Gasteiger partial charge on any atom is -0.310 e. The molecule has 0 heterocycles. The Kier molecular flexibility index (Phi) is 3.88. The zero-order valence-electron chi connectivity index (χ0n) is 10.4. The van der Waals surface area contributed by atoms with Gasteiger partial charge in [-0.25, -0.2) is 4.39 Å². The van der Waals surface area contributed by atoms with E-state index in [1.807, 2.05) is 19.1 Å². The second-order valence-corrected chi connectivity index (χ2v) is 6.04. The van der Waals surface area contributed by atoms with E-state index in [9.17, 15) is 4.39 Å². The van der Waals surface area contributed by atoms with Crippen molar-refractivity contribution in [2.45, 2.75) is 39.2 Å². The van der Waals surface area contributed by atoms with Crippen LogP contribution in [0, 0.1) is 11.2 Å². The third-order valence-electron chi connectivity index (χ3n) is 3.92. The normalized spacial score (nSPS) is 19.1. The highest BCUT2D eigenvalue weighted by molar-refractivity contribution is 9.10. The molecule has 0 saturated heterocycles. The molecule has 1 fully saturated rings. The first-order valence-corrected chi connectivity index (χ1v) is 7.04. The van der Waals surface area contributed by atoms with E-state index in [1.54, 1.807) is 0 Å². The van der Waals surface area contributed by atoms with Crippen molar-refractivity contribution in [2.75, 3.05) is 6.54 Å². The highest BCUT2D eigenvalue weighted by Crippen LogP contribution is 2.48. The Morgan fingerprint density at radius 1 is 1.47 bits per heavy atom. The van der Waals surface area contributed by atoms with Gasteiger partial charge in [0, 0.05) is 22.6 Å². The molecule has 1 saturated carbocycles. The lowest BCUT2D eigenvalue weighted by atomic mass is 10.0. The Balaban J connectivity index is 1.97. The van der Waals surface area contributed by atoms with Gasteiger partial charge in [-0.05, 0) is 43.7 Å². The van der Waals surface area contributed by atoms with Gasteiger partial charge in [0.15, 0.2) is 0 Å². The maximum Gasteiger partial charge on any atom is 0.129 e. The van der Waals surface area contributed by atoms with E-state index in [1.165, 1.54) is 25.3 Å². The first-order chi connectivity index (χ1) is 8.06. The van der Waals surface area contributed by atoms with Crippen LogP contribution >= 0.6 is 15.9 Å². The second-order valence-electron chi connectivity index (χ2n) is 5.12. The summed E-state index contributed by atoms with van der Waals surface area (Å²) >= 11 is 3.28. The van der Waals surface area contributed by atoms with E-state index in [2.05, 4.69) is 28.2 Å². The summed E-state index contributed by atoms with van der Waals surface area (Å²) in [6.07, 6.45) is 3.84. The molecule has 2 rings (SSSR count). The van der Waals surface area contributed by atoms with Crippen LogP contribution in [0.4, 0.5) is 4.39 Å². The lowest BCUT2D eigenvalue weighted by Gasteiger charge is -2.19. The van der Waals surface area contributed by atoms with Crippen LogP contribution in [0.2, 0.25) is 0 Å². The summed E-state index contributed by atoms with van der Waals surface area (Å²) in [5.41, 5.74) is 1.25. The fourth-order valence-corrected chi connectivity index (χ4v) is 2.50. The smallest absolute Gasteiger partial charge is 0.129 e. The first-order valence-electron chi connectivity index (χ1n) is 6.25. The molecule has 1 aromatic rings. The minimum absolute atomic E-state index is 0.0760. The highest BCUT2D eigenvalue weighted by atomic mass is 79.9. The molecule has 1 N–H and O–H groups in total. The topological polar surface area (TPSA) is 12.0 Å². The third kappa shape index (κ3) is 3.08. The quantitative estimate of drug-likeness (QED) is 0.848. The zero-order chi connectivity index (χ0) is 12.5. The molecular weight excluding hydrogens is 281 g/mol. The van der Waals surface area contributed by atoms with Crippen LogP contribution in [0.1, 0.15) is 44.7 Å². The highest BCUT2D eigenvalue weighted by Gasteiger charge is 2.40. The van der Waals surface area contributed by atoms with Crippen molar-refractivity contribution in [3.8, 4) is 0 Å². The molecule has 1 aliphatic rings. The molecule has 0 bridgehead atoms. The van der Waals surface area contributed by atoms with Gasteiger partial charge in [0.2, 0.25) is 0 Å². The van der Waals surface area contributed by atoms with E-state index in [-0.39, 0.29) is 11.9 Å². The minimum atomic E-state index is -0.138. The maximum atomic E-state index is 13.7. The summed E-state index contributed by atoms with van der Waals surface area (Å²) in [6.45, 7) is 5.26. The van der Waals surface area contributed by atoms with Crippen LogP contribution in [-0.4, -0.2) is 6.54 Å². The van der Waals surface area contributed by atoms with Gasteiger partial charge in [0.1, 0.15) is 5.82 Å². The summed E-state index contributed by atoms with van der Waals surface area (Å²) in [4.78, 5) is 0. The van der Waals surface area contributed by atoms with Gasteiger partial charge in [0.05, 0.1) is 0 Å². The van der Waals surface area contributed by atoms with Crippen molar-refractivity contribution in [3.63, 3.8) is 0 Å². The lowest BCUT2D eigenvalue weighted by Crippen LogP contribution is -2.27. The van der Waals surface area contributed by atoms with Crippen LogP contribution in [0.3, 0.4) is 0 Å². The van der Waals surface area contributed by atoms with Crippen molar-refractivity contribution in [1.82, 2.24) is 5.32 Å². The van der Waals surface area contributed by atoms with Crippen LogP contribution < -0.4 is 5.32 Å². The fraction of sp³-hybridized carbons (Fsp3) is 0.571. The zero-order valence-corrected chi connectivity index (χ0v) is 12.0. The van der Waals surface area contributed by atoms with Gasteiger partial charge in [-0.3, -0.25) is 0 Å². The number of benzene rings is 1. The maximum absolute atomic E-state index is 13.7. The standard InChI is InChI=1S/C14H19BrFN/c1-3-14(6-7-14)9-17-10(2)12-5-4-11(15)8-13(12)16/h4-5,8,10,17H,3,6-7,9H2,1-2H3. The van der Waals surface area contributed by atoms with Gasteiger partial charge in [-0.2, -0.15) is 0 Å². The first kappa shape index (κ1) is 13.0. The molecule has 0 amide bonds. The molecule has 1 atom stereocenters. The Hall–Kier alpha value is -0.410. The van der Waals surface area contributed by atoms with E-state index < -0.39 is 0 Å². The monoisotopic (exact) mass is 299 g/mol. The van der Waals surface area contributed by atoms with E-state index in [4.69, 9.17) is 0 Å². The summed E-state index contributed by atoms with van der Waals surface area (Å²) < 4.78 is 14.5. The average Bonchev–Trinajstić information content (AvgIpc) is 3.07. The van der Waals surface area contributed by atoms with Crippen molar-refractivity contribution in [1.29, 1.82) is 0 Å². The predicted octanol–water partition coefficient (Wildman–Crippen LogP) is 4.43. The van der Waals surface area contributed by atoms with E-state index >= 15 is 0 Å². The van der Waals surface area contributed by atoms with E-state index in [0.717, 1.165) is 16.6 Å². The van der Waals surface area contributed by atoms with E-state index in [0.29, 0.717) is 5.41 Å². The van der Waals surface area contributed by atoms with Crippen molar-refractivity contribution >= 4 is 15.9 Å². The molecule has 1 aromatic carbocycles. The van der Waals surface area contributed by atoms with Gasteiger partial charge in [0.25, 0.3) is 0 Å². The van der Waals surface area contributed by atoms with Crippen molar-refractivity contribution in [3.05, 3.63) is 34.1 Å². The van der Waals surface area contributed by atoms with Gasteiger partial charge < -0.3 is 5.32 Å². The largest absolute Gasteiger partial charge is 0.310 e. The van der Waals surface area contributed by atoms with Gasteiger partial charge in [-0.1, -0.05) is 28.9 Å². The Morgan fingerprint density at radius 2 is 2.18 bits per heavy atom. The SMILES string of the molecule is CCC1(CNC(C)c2ccc(Br)cc2F)CC1. The number of hydrogen-bond donors (Lipinski definition) is 1. The summed E-state index contributed by atoms with van der Waals surface area (Å²) in [6, 6.07) is 5.35. The van der Waals surface area contributed by atoms with Gasteiger partial charge >= 0.3 is 0 Å². The number of nitrogens with one attached hydrogen (secondary N) is 1. The number of hydrogen-bond acceptors (Lipinski definition) is 1. The Bertz CT molecular complexity index is 401. The molecule has 0 spiro atoms. The summed E-state index contributed by atoms with van der Waals surface area (Å²) in [5, 5.41) is 3.46. The predicted molar refractivity (Wildman–Crippen MR) is 72.5 cm³/mol. The molecule has 0 aliphatic heterocycles. The summed E-state index contributed by atoms with van der Waals surface area (Å²) in [5.74, 6) is -0.138. The number of halogens is 2. The van der Waals surface area contributed by atoms with Crippen LogP contribution in [-0.2, 0) is 0 Å². The molecule has 1 unspecified atom stereocenters. The van der Waals surface area contributed by atoms with Crippen LogP contribution in [0.25, 0.3) is 0 Å². The van der Waals surface area contributed by atoms with Crippen LogP contribution in [0.5, 0.6) is 0 Å². The van der Waals surface area contributed by atoms with Crippen molar-refractivity contribution in [2.24, 2.45) is 5.41 Å². The molecule has 3 heteroatoms. The Morgan fingerprint density at radius 3 is 2.71 bits per heavy atom.